The van der Waals surface area contributed by atoms with E-state index in [1.54, 1.807) is 12.4 Å². The number of carbonyl (C=O) groups is 1. The summed E-state index contributed by atoms with van der Waals surface area (Å²) in [6.07, 6.45) is 6.29. The molecule has 0 radical (unpaired) electrons. The van der Waals surface area contributed by atoms with Gasteiger partial charge in [0.25, 0.3) is 5.91 Å². The lowest BCUT2D eigenvalue weighted by Crippen LogP contribution is -2.22. The number of carbonyl (C=O) groups excluding carboxylic acids is 1. The number of nitrogens with zero attached hydrogens (tertiary/aromatic N) is 1. The number of hydrogen-bond acceptors (Lipinski definition) is 3. The average Bonchev–Trinajstić information content (AvgIpc) is 2.79. The van der Waals surface area contributed by atoms with Crippen molar-refractivity contribution < 1.29 is 9.90 Å². The fraction of sp³-hybridized carbons (Fsp3) is 0.0909. The molecule has 16 heavy (non-hydrogen) atoms. The molecule has 0 spiro atoms. The highest BCUT2D eigenvalue weighted by molar-refractivity contribution is 5.96. The van der Waals surface area contributed by atoms with Crippen LogP contribution in [-0.4, -0.2) is 21.0 Å². The van der Waals surface area contributed by atoms with Crippen LogP contribution in [0.1, 0.15) is 15.9 Å². The molecule has 0 unspecified atom stereocenters. The predicted octanol–water partition coefficient (Wildman–Crippen LogP) is 1.05. The maximum absolute atomic E-state index is 11.7. The maximum Gasteiger partial charge on any atom is 0.255 e. The molecule has 0 atom stereocenters. The third-order valence-corrected chi connectivity index (χ3v) is 2.16. The molecule has 82 valence electrons. The monoisotopic (exact) mass is 217 g/mol. The van der Waals surface area contributed by atoms with Crippen LogP contribution in [0, 0.1) is 0 Å². The Morgan fingerprint density at radius 2 is 2.38 bits per heavy atom. The molecule has 0 fully saturated rings. The van der Waals surface area contributed by atoms with Gasteiger partial charge in [0.2, 0.25) is 0 Å². The van der Waals surface area contributed by atoms with Crippen LogP contribution in [0.3, 0.4) is 0 Å². The van der Waals surface area contributed by atoms with Crippen LogP contribution in [0.2, 0.25) is 0 Å². The van der Waals surface area contributed by atoms with Gasteiger partial charge < -0.3 is 15.4 Å². The normalized spacial score (nSPS) is 10.0. The van der Waals surface area contributed by atoms with E-state index < -0.39 is 0 Å². The van der Waals surface area contributed by atoms with Crippen molar-refractivity contribution in [1.29, 1.82) is 0 Å². The fourth-order valence-corrected chi connectivity index (χ4v) is 1.32. The van der Waals surface area contributed by atoms with E-state index in [0.717, 1.165) is 5.56 Å². The molecule has 0 aliphatic heterocycles. The van der Waals surface area contributed by atoms with E-state index in [4.69, 9.17) is 0 Å². The SMILES string of the molecule is O=C(NCc1cc[nH]c1)c1ccncc1O. The molecule has 3 N–H and O–H groups in total. The molecule has 0 aromatic carbocycles. The first-order chi connectivity index (χ1) is 7.77. The summed E-state index contributed by atoms with van der Waals surface area (Å²) >= 11 is 0. The first kappa shape index (κ1) is 10.2. The van der Waals surface area contributed by atoms with Gasteiger partial charge in [0.05, 0.1) is 11.8 Å². The summed E-state index contributed by atoms with van der Waals surface area (Å²) in [6, 6.07) is 3.34. The fourth-order valence-electron chi connectivity index (χ4n) is 1.32. The zero-order chi connectivity index (χ0) is 11.4. The van der Waals surface area contributed by atoms with Crippen LogP contribution in [0.25, 0.3) is 0 Å². The van der Waals surface area contributed by atoms with Crippen LogP contribution in [0.4, 0.5) is 0 Å². The molecule has 0 aliphatic rings. The summed E-state index contributed by atoms with van der Waals surface area (Å²) in [5.74, 6) is -0.435. The molecule has 2 heterocycles. The Kier molecular flexibility index (Phi) is 2.86. The highest BCUT2D eigenvalue weighted by Gasteiger charge is 2.09. The van der Waals surface area contributed by atoms with Gasteiger partial charge in [-0.1, -0.05) is 0 Å². The van der Waals surface area contributed by atoms with Crippen molar-refractivity contribution in [1.82, 2.24) is 15.3 Å². The van der Waals surface area contributed by atoms with Crippen molar-refractivity contribution >= 4 is 5.91 Å². The van der Waals surface area contributed by atoms with Crippen LogP contribution >= 0.6 is 0 Å². The molecule has 5 heteroatoms. The first-order valence-electron chi connectivity index (χ1n) is 4.80. The third kappa shape index (κ3) is 2.20. The van der Waals surface area contributed by atoms with Gasteiger partial charge in [-0.15, -0.1) is 0 Å². The maximum atomic E-state index is 11.7. The van der Waals surface area contributed by atoms with E-state index >= 15 is 0 Å². The zero-order valence-electron chi connectivity index (χ0n) is 8.47. The zero-order valence-corrected chi connectivity index (χ0v) is 8.47. The molecule has 0 aliphatic carbocycles. The minimum Gasteiger partial charge on any atom is -0.505 e. The summed E-state index contributed by atoms with van der Waals surface area (Å²) in [7, 11) is 0. The largest absolute Gasteiger partial charge is 0.505 e. The lowest BCUT2D eigenvalue weighted by molar-refractivity contribution is 0.0948. The van der Waals surface area contributed by atoms with Crippen LogP contribution in [0.5, 0.6) is 5.75 Å². The van der Waals surface area contributed by atoms with Crippen LogP contribution < -0.4 is 5.32 Å². The average molecular weight is 217 g/mol. The summed E-state index contributed by atoms with van der Waals surface area (Å²) < 4.78 is 0. The van der Waals surface area contributed by atoms with E-state index in [9.17, 15) is 9.90 Å². The van der Waals surface area contributed by atoms with Gasteiger partial charge in [0, 0.05) is 25.1 Å². The second-order valence-electron chi connectivity index (χ2n) is 3.29. The van der Waals surface area contributed by atoms with Crippen molar-refractivity contribution in [2.24, 2.45) is 0 Å². The van der Waals surface area contributed by atoms with E-state index in [-0.39, 0.29) is 17.2 Å². The summed E-state index contributed by atoms with van der Waals surface area (Å²) in [4.78, 5) is 18.2. The summed E-state index contributed by atoms with van der Waals surface area (Å²) in [5, 5.41) is 12.1. The van der Waals surface area contributed by atoms with Crippen molar-refractivity contribution in [3.63, 3.8) is 0 Å². The number of aromatic nitrogens is 2. The molecule has 0 bridgehead atoms. The third-order valence-electron chi connectivity index (χ3n) is 2.16. The Labute approximate surface area is 92.2 Å². The lowest BCUT2D eigenvalue weighted by Gasteiger charge is -2.04. The summed E-state index contributed by atoms with van der Waals surface area (Å²) in [5.41, 5.74) is 1.20. The Bertz CT molecular complexity index is 480. The van der Waals surface area contributed by atoms with E-state index in [1.807, 2.05) is 6.07 Å². The van der Waals surface area contributed by atoms with Crippen molar-refractivity contribution in [3.8, 4) is 5.75 Å². The van der Waals surface area contributed by atoms with Gasteiger partial charge in [-0.2, -0.15) is 0 Å². The lowest BCUT2D eigenvalue weighted by atomic mass is 10.2. The molecule has 2 rings (SSSR count). The molecule has 0 saturated carbocycles. The van der Waals surface area contributed by atoms with Gasteiger partial charge >= 0.3 is 0 Å². The van der Waals surface area contributed by atoms with Crippen molar-refractivity contribution in [3.05, 3.63) is 48.0 Å². The molecular formula is C11H11N3O2. The summed E-state index contributed by atoms with van der Waals surface area (Å²) in [6.45, 7) is 0.421. The number of hydrogen-bond donors (Lipinski definition) is 3. The number of nitrogens with one attached hydrogen (secondary N) is 2. The molecule has 5 nitrogen and oxygen atoms in total. The Morgan fingerprint density at radius 3 is 3.06 bits per heavy atom. The second kappa shape index (κ2) is 4.48. The van der Waals surface area contributed by atoms with Crippen LogP contribution in [0.15, 0.2) is 36.9 Å². The predicted molar refractivity (Wildman–Crippen MR) is 57.9 cm³/mol. The van der Waals surface area contributed by atoms with E-state index in [1.165, 1.54) is 18.5 Å². The van der Waals surface area contributed by atoms with Gasteiger partial charge in [-0.05, 0) is 17.7 Å². The number of rotatable bonds is 3. The standard InChI is InChI=1S/C11H11N3O2/c15-10-7-13-4-2-9(10)11(16)14-6-8-1-3-12-5-8/h1-5,7,12,15H,6H2,(H,14,16). The van der Waals surface area contributed by atoms with E-state index in [0.29, 0.717) is 6.54 Å². The minimum atomic E-state index is -0.318. The Balaban J connectivity index is 2.01. The number of aromatic amines is 1. The first-order valence-corrected chi connectivity index (χ1v) is 4.80. The number of pyridine rings is 1. The van der Waals surface area contributed by atoms with E-state index in [2.05, 4.69) is 15.3 Å². The highest BCUT2D eigenvalue weighted by Crippen LogP contribution is 2.13. The van der Waals surface area contributed by atoms with Crippen LogP contribution in [-0.2, 0) is 6.54 Å². The highest BCUT2D eigenvalue weighted by atomic mass is 16.3. The topological polar surface area (TPSA) is 78.0 Å². The number of H-pyrrole nitrogens is 1. The molecule has 1 amide bonds. The smallest absolute Gasteiger partial charge is 0.255 e. The quantitative estimate of drug-likeness (QED) is 0.719. The minimum absolute atomic E-state index is 0.117. The number of aromatic hydroxyl groups is 1. The van der Waals surface area contributed by atoms with Gasteiger partial charge in [0.1, 0.15) is 5.75 Å². The Morgan fingerprint density at radius 1 is 1.50 bits per heavy atom. The second-order valence-corrected chi connectivity index (χ2v) is 3.29. The molecular weight excluding hydrogens is 206 g/mol. The molecule has 0 saturated heterocycles. The number of amides is 1. The van der Waals surface area contributed by atoms with Gasteiger partial charge in [0.15, 0.2) is 0 Å². The molecule has 2 aromatic heterocycles. The Hall–Kier alpha value is -2.30. The van der Waals surface area contributed by atoms with Crippen molar-refractivity contribution in [2.45, 2.75) is 6.54 Å². The molecule has 2 aromatic rings. The van der Waals surface area contributed by atoms with Crippen molar-refractivity contribution in [2.75, 3.05) is 0 Å². The van der Waals surface area contributed by atoms with Gasteiger partial charge in [-0.3, -0.25) is 9.78 Å². The van der Waals surface area contributed by atoms with Gasteiger partial charge in [-0.25, -0.2) is 0 Å².